The van der Waals surface area contributed by atoms with Crippen molar-refractivity contribution in [3.8, 4) is 39.9 Å². The van der Waals surface area contributed by atoms with Crippen molar-refractivity contribution in [3.05, 3.63) is 111 Å². The van der Waals surface area contributed by atoms with Gasteiger partial charge in [0, 0.05) is 35.6 Å². The SMILES string of the molecule is COc1cc(O)c2c(c1Cc1ccc(O)cc1)CCc1c-2cc(Cc2ccc(O)cc2)c(O)c1CC=C(C)C. The van der Waals surface area contributed by atoms with E-state index in [1.54, 1.807) is 37.4 Å². The average Bonchev–Trinajstić information content (AvgIpc) is 2.92. The summed E-state index contributed by atoms with van der Waals surface area (Å²) in [5, 5.41) is 42.2. The summed E-state index contributed by atoms with van der Waals surface area (Å²) in [6.07, 6.45) is 5.26. The van der Waals surface area contributed by atoms with Gasteiger partial charge >= 0.3 is 0 Å². The molecule has 0 atom stereocenters. The predicted molar refractivity (Wildman–Crippen MR) is 154 cm³/mol. The summed E-state index contributed by atoms with van der Waals surface area (Å²) >= 11 is 0. The largest absolute Gasteiger partial charge is 0.508 e. The zero-order chi connectivity index (χ0) is 27.7. The Morgan fingerprint density at radius 3 is 1.95 bits per heavy atom. The lowest BCUT2D eigenvalue weighted by atomic mass is 9.77. The Morgan fingerprint density at radius 1 is 0.769 bits per heavy atom. The van der Waals surface area contributed by atoms with Crippen molar-refractivity contribution in [1.29, 1.82) is 0 Å². The maximum absolute atomic E-state index is 11.5. The number of phenolic OH excluding ortho intramolecular Hbond substituents is 4. The Bertz CT molecular complexity index is 1540. The molecule has 0 amide bonds. The molecule has 0 bridgehead atoms. The quantitative estimate of drug-likeness (QED) is 0.197. The summed E-state index contributed by atoms with van der Waals surface area (Å²) in [6.45, 7) is 4.10. The first-order valence-corrected chi connectivity index (χ1v) is 13.2. The van der Waals surface area contributed by atoms with Gasteiger partial charge in [-0.15, -0.1) is 0 Å². The van der Waals surface area contributed by atoms with Gasteiger partial charge in [-0.1, -0.05) is 35.9 Å². The van der Waals surface area contributed by atoms with Crippen LogP contribution >= 0.6 is 0 Å². The molecular formula is C34H34O5. The lowest BCUT2D eigenvalue weighted by Crippen LogP contribution is -2.12. The molecule has 0 radical (unpaired) electrons. The van der Waals surface area contributed by atoms with Gasteiger partial charge in [0.15, 0.2) is 0 Å². The third-order valence-electron chi connectivity index (χ3n) is 7.56. The molecule has 4 N–H and O–H groups in total. The Balaban J connectivity index is 1.69. The van der Waals surface area contributed by atoms with E-state index < -0.39 is 0 Å². The first-order valence-electron chi connectivity index (χ1n) is 13.2. The highest BCUT2D eigenvalue weighted by Gasteiger charge is 2.29. The highest BCUT2D eigenvalue weighted by molar-refractivity contribution is 5.83. The molecule has 4 aromatic rings. The third kappa shape index (κ3) is 5.30. The first kappa shape index (κ1) is 26.2. The van der Waals surface area contributed by atoms with Gasteiger partial charge in [0.1, 0.15) is 28.7 Å². The van der Waals surface area contributed by atoms with Gasteiger partial charge in [0.05, 0.1) is 7.11 Å². The molecule has 39 heavy (non-hydrogen) atoms. The Kier molecular flexibility index (Phi) is 7.25. The van der Waals surface area contributed by atoms with E-state index in [0.29, 0.717) is 37.2 Å². The molecule has 1 aliphatic rings. The van der Waals surface area contributed by atoms with Gasteiger partial charge in [0.25, 0.3) is 0 Å². The van der Waals surface area contributed by atoms with E-state index in [1.807, 2.05) is 44.2 Å². The van der Waals surface area contributed by atoms with E-state index in [0.717, 1.165) is 56.5 Å². The minimum atomic E-state index is 0.159. The van der Waals surface area contributed by atoms with Gasteiger partial charge < -0.3 is 25.2 Å². The summed E-state index contributed by atoms with van der Waals surface area (Å²) in [5.41, 5.74) is 9.69. The standard InChI is InChI=1S/C34H34O5/c1-20(2)4-13-28-26-14-15-27-29(17-22-7-11-25(36)12-8-22)32(39-3)19-31(37)33(27)30(26)18-23(34(28)38)16-21-5-9-24(35)10-6-21/h4-12,18-19,35-38H,13-17H2,1-3H3. The average molecular weight is 523 g/mol. The lowest BCUT2D eigenvalue weighted by Gasteiger charge is -2.28. The van der Waals surface area contributed by atoms with Crippen LogP contribution in [0, 0.1) is 0 Å². The lowest BCUT2D eigenvalue weighted by molar-refractivity contribution is 0.402. The van der Waals surface area contributed by atoms with Crippen LogP contribution in [-0.4, -0.2) is 27.5 Å². The number of hydrogen-bond donors (Lipinski definition) is 4. The molecule has 0 unspecified atom stereocenters. The molecule has 5 rings (SSSR count). The van der Waals surface area contributed by atoms with E-state index in [-0.39, 0.29) is 17.2 Å². The van der Waals surface area contributed by atoms with Crippen molar-refractivity contribution in [2.24, 2.45) is 0 Å². The number of methoxy groups -OCH3 is 1. The van der Waals surface area contributed by atoms with Gasteiger partial charge in [-0.3, -0.25) is 0 Å². The topological polar surface area (TPSA) is 90.2 Å². The minimum absolute atomic E-state index is 0.159. The van der Waals surface area contributed by atoms with Gasteiger partial charge in [-0.2, -0.15) is 0 Å². The third-order valence-corrected chi connectivity index (χ3v) is 7.56. The van der Waals surface area contributed by atoms with E-state index >= 15 is 0 Å². The van der Waals surface area contributed by atoms with Crippen LogP contribution < -0.4 is 4.74 Å². The Hall–Kier alpha value is -4.38. The van der Waals surface area contributed by atoms with Crippen molar-refractivity contribution in [3.63, 3.8) is 0 Å². The highest BCUT2D eigenvalue weighted by Crippen LogP contribution is 2.48. The monoisotopic (exact) mass is 522 g/mol. The second-order valence-corrected chi connectivity index (χ2v) is 10.5. The van der Waals surface area contributed by atoms with Crippen LogP contribution in [0.5, 0.6) is 28.7 Å². The highest BCUT2D eigenvalue weighted by atomic mass is 16.5. The number of phenols is 4. The van der Waals surface area contributed by atoms with E-state index in [2.05, 4.69) is 6.08 Å². The van der Waals surface area contributed by atoms with Crippen molar-refractivity contribution >= 4 is 0 Å². The zero-order valence-electron chi connectivity index (χ0n) is 22.6. The maximum Gasteiger partial charge on any atom is 0.127 e. The molecule has 0 heterocycles. The van der Waals surface area contributed by atoms with Crippen LogP contribution in [0.1, 0.15) is 52.8 Å². The molecular weight excluding hydrogens is 488 g/mol. The smallest absolute Gasteiger partial charge is 0.127 e. The number of hydrogen-bond acceptors (Lipinski definition) is 5. The molecule has 5 nitrogen and oxygen atoms in total. The molecule has 4 aromatic carbocycles. The molecule has 200 valence electrons. The fourth-order valence-electron chi connectivity index (χ4n) is 5.59. The van der Waals surface area contributed by atoms with Crippen molar-refractivity contribution in [1.82, 2.24) is 0 Å². The van der Waals surface area contributed by atoms with Gasteiger partial charge in [-0.05, 0) is 96.8 Å². The van der Waals surface area contributed by atoms with E-state index in [4.69, 9.17) is 4.74 Å². The van der Waals surface area contributed by atoms with Crippen LogP contribution in [-0.2, 0) is 32.1 Å². The van der Waals surface area contributed by atoms with Gasteiger partial charge in [-0.25, -0.2) is 0 Å². The summed E-state index contributed by atoms with van der Waals surface area (Å²) in [4.78, 5) is 0. The molecule has 0 saturated heterocycles. The normalized spacial score (nSPS) is 12.0. The predicted octanol–water partition coefficient (Wildman–Crippen LogP) is 6.97. The fraction of sp³-hybridized carbons (Fsp3) is 0.235. The van der Waals surface area contributed by atoms with Crippen LogP contribution in [0.3, 0.4) is 0 Å². The number of aromatic hydroxyl groups is 4. The summed E-state index contributed by atoms with van der Waals surface area (Å²) in [7, 11) is 1.61. The molecule has 5 heteroatoms. The Labute approximate surface area is 229 Å². The zero-order valence-corrected chi connectivity index (χ0v) is 22.6. The molecule has 0 fully saturated rings. The number of allylic oxidation sites excluding steroid dienone is 2. The van der Waals surface area contributed by atoms with E-state index in [1.165, 1.54) is 5.57 Å². The maximum atomic E-state index is 11.5. The second-order valence-electron chi connectivity index (χ2n) is 10.5. The van der Waals surface area contributed by atoms with Crippen LogP contribution in [0.2, 0.25) is 0 Å². The Morgan fingerprint density at radius 2 is 1.36 bits per heavy atom. The van der Waals surface area contributed by atoms with Crippen molar-refractivity contribution in [2.75, 3.05) is 7.11 Å². The summed E-state index contributed by atoms with van der Waals surface area (Å²) in [5.74, 6) is 1.51. The van der Waals surface area contributed by atoms with Gasteiger partial charge in [0.2, 0.25) is 0 Å². The molecule has 0 saturated carbocycles. The van der Waals surface area contributed by atoms with Crippen LogP contribution in [0.4, 0.5) is 0 Å². The van der Waals surface area contributed by atoms with Crippen LogP contribution in [0.15, 0.2) is 72.3 Å². The number of fused-ring (bicyclic) bond motifs is 3. The molecule has 0 aromatic heterocycles. The van der Waals surface area contributed by atoms with Crippen molar-refractivity contribution < 1.29 is 25.2 Å². The molecule has 1 aliphatic carbocycles. The first-order chi connectivity index (χ1) is 18.7. The number of benzene rings is 4. The summed E-state index contributed by atoms with van der Waals surface area (Å²) < 4.78 is 5.72. The molecule has 0 spiro atoms. The minimum Gasteiger partial charge on any atom is -0.508 e. The summed E-state index contributed by atoms with van der Waals surface area (Å²) in [6, 6.07) is 17.9. The van der Waals surface area contributed by atoms with Crippen LogP contribution in [0.25, 0.3) is 11.1 Å². The number of ether oxygens (including phenoxy) is 1. The van der Waals surface area contributed by atoms with Crippen molar-refractivity contribution in [2.45, 2.75) is 46.0 Å². The molecule has 0 aliphatic heterocycles. The number of rotatable bonds is 7. The van der Waals surface area contributed by atoms with E-state index in [9.17, 15) is 20.4 Å². The second kappa shape index (κ2) is 10.8. The fourth-order valence-corrected chi connectivity index (χ4v) is 5.59.